The molecular weight excluding hydrogens is 278 g/mol. The van der Waals surface area contributed by atoms with E-state index in [2.05, 4.69) is 10.6 Å². The fourth-order valence-corrected chi connectivity index (χ4v) is 2.20. The van der Waals surface area contributed by atoms with Crippen molar-refractivity contribution in [3.8, 4) is 0 Å². The van der Waals surface area contributed by atoms with Crippen LogP contribution in [0.3, 0.4) is 0 Å². The van der Waals surface area contributed by atoms with E-state index in [0.717, 1.165) is 12.8 Å². The highest BCUT2D eigenvalue weighted by atomic mass is 35.5. The lowest BCUT2D eigenvalue weighted by atomic mass is 9.87. The maximum atomic E-state index is 11.8. The molecule has 2 amide bonds. The summed E-state index contributed by atoms with van der Waals surface area (Å²) < 4.78 is 0. The van der Waals surface area contributed by atoms with Gasteiger partial charge in [-0.3, -0.25) is 9.59 Å². The Morgan fingerprint density at radius 1 is 1.20 bits per heavy atom. The van der Waals surface area contributed by atoms with Crippen LogP contribution in [0.2, 0.25) is 0 Å². The Balaban J connectivity index is 0.00000361. The minimum Gasteiger partial charge on any atom is -0.352 e. The molecule has 118 valence electrons. The molecule has 0 saturated heterocycles. The topological polar surface area (TPSA) is 84.2 Å². The fraction of sp³-hybridized carbons (Fsp3) is 0.857. The van der Waals surface area contributed by atoms with Crippen molar-refractivity contribution in [3.05, 3.63) is 0 Å². The monoisotopic (exact) mass is 305 g/mol. The largest absolute Gasteiger partial charge is 0.352 e. The minimum absolute atomic E-state index is 0. The van der Waals surface area contributed by atoms with Crippen LogP contribution in [0.4, 0.5) is 0 Å². The van der Waals surface area contributed by atoms with E-state index >= 15 is 0 Å². The Hall–Kier alpha value is -0.810. The molecule has 0 heterocycles. The number of nitrogens with one attached hydrogen (secondary N) is 2. The molecule has 0 unspecified atom stereocenters. The van der Waals surface area contributed by atoms with Gasteiger partial charge in [0, 0.05) is 6.04 Å². The quantitative estimate of drug-likeness (QED) is 0.733. The Labute approximate surface area is 127 Å². The van der Waals surface area contributed by atoms with Crippen LogP contribution in [-0.2, 0) is 9.59 Å². The average molecular weight is 306 g/mol. The van der Waals surface area contributed by atoms with Gasteiger partial charge in [0.2, 0.25) is 11.8 Å². The highest BCUT2D eigenvalue weighted by molar-refractivity contribution is 5.87. The smallest absolute Gasteiger partial charge is 0.239 e. The number of amides is 2. The summed E-state index contributed by atoms with van der Waals surface area (Å²) in [6.45, 7) is 5.72. The molecule has 1 saturated carbocycles. The normalized spacial score (nSPS) is 17.8. The van der Waals surface area contributed by atoms with E-state index in [0.29, 0.717) is 0 Å². The molecule has 0 aromatic rings. The van der Waals surface area contributed by atoms with Gasteiger partial charge >= 0.3 is 0 Å². The van der Waals surface area contributed by atoms with E-state index in [4.69, 9.17) is 5.73 Å². The first-order valence-electron chi connectivity index (χ1n) is 7.13. The lowest BCUT2D eigenvalue weighted by Gasteiger charge is -2.26. The van der Waals surface area contributed by atoms with Crippen molar-refractivity contribution in [1.29, 1.82) is 0 Å². The second-order valence-corrected chi connectivity index (χ2v) is 6.46. The van der Waals surface area contributed by atoms with Crippen LogP contribution in [0.25, 0.3) is 0 Å². The van der Waals surface area contributed by atoms with Crippen molar-refractivity contribution < 1.29 is 9.59 Å². The van der Waals surface area contributed by atoms with Crippen molar-refractivity contribution >= 4 is 24.2 Å². The van der Waals surface area contributed by atoms with Gasteiger partial charge in [-0.15, -0.1) is 12.4 Å². The van der Waals surface area contributed by atoms with E-state index in [9.17, 15) is 9.59 Å². The summed E-state index contributed by atoms with van der Waals surface area (Å²) in [5.74, 6) is -0.396. The van der Waals surface area contributed by atoms with Gasteiger partial charge in [-0.1, -0.05) is 40.0 Å². The van der Waals surface area contributed by atoms with Gasteiger partial charge in [-0.25, -0.2) is 0 Å². The third kappa shape index (κ3) is 6.57. The van der Waals surface area contributed by atoms with Crippen LogP contribution < -0.4 is 16.4 Å². The lowest BCUT2D eigenvalue weighted by molar-refractivity contribution is -0.128. The molecule has 0 bridgehead atoms. The molecule has 1 fully saturated rings. The van der Waals surface area contributed by atoms with E-state index in [1.54, 1.807) is 0 Å². The molecule has 1 rings (SSSR count). The van der Waals surface area contributed by atoms with E-state index in [1.165, 1.54) is 19.3 Å². The van der Waals surface area contributed by atoms with Crippen molar-refractivity contribution in [2.45, 2.75) is 65.0 Å². The Bertz CT molecular complexity index is 323. The summed E-state index contributed by atoms with van der Waals surface area (Å²) in [6, 6.07) is -0.329. The maximum Gasteiger partial charge on any atom is 0.239 e. The first-order chi connectivity index (χ1) is 8.80. The molecule has 0 radical (unpaired) electrons. The van der Waals surface area contributed by atoms with Gasteiger partial charge in [0.1, 0.15) is 0 Å². The average Bonchev–Trinajstić information content (AvgIpc) is 2.35. The molecule has 0 aliphatic heterocycles. The number of nitrogens with two attached hydrogens (primary N) is 1. The van der Waals surface area contributed by atoms with Crippen LogP contribution in [0.5, 0.6) is 0 Å². The van der Waals surface area contributed by atoms with E-state index < -0.39 is 6.04 Å². The van der Waals surface area contributed by atoms with Crippen LogP contribution in [-0.4, -0.2) is 30.4 Å². The number of hydrogen-bond acceptors (Lipinski definition) is 3. The van der Waals surface area contributed by atoms with Crippen LogP contribution >= 0.6 is 12.4 Å². The highest BCUT2D eigenvalue weighted by Gasteiger charge is 2.27. The summed E-state index contributed by atoms with van der Waals surface area (Å²) in [5.41, 5.74) is 5.52. The van der Waals surface area contributed by atoms with Gasteiger partial charge in [0.25, 0.3) is 0 Å². The fourth-order valence-electron chi connectivity index (χ4n) is 2.20. The molecule has 20 heavy (non-hydrogen) atoms. The van der Waals surface area contributed by atoms with Crippen molar-refractivity contribution in [2.24, 2.45) is 11.1 Å². The van der Waals surface area contributed by atoms with E-state index in [1.807, 2.05) is 20.8 Å². The summed E-state index contributed by atoms with van der Waals surface area (Å²) in [4.78, 5) is 23.5. The number of hydrogen-bond donors (Lipinski definition) is 3. The molecule has 1 aliphatic carbocycles. The number of carbonyl (C=O) groups excluding carboxylic acids is 2. The lowest BCUT2D eigenvalue weighted by Crippen LogP contribution is -2.51. The molecule has 1 aliphatic rings. The minimum atomic E-state index is -0.602. The SMILES string of the molecule is CC(C)(C)[C@H](N)C(=O)NCC(=O)NC1CCCCC1.Cl. The molecule has 0 aromatic carbocycles. The summed E-state index contributed by atoms with van der Waals surface area (Å²) >= 11 is 0. The van der Waals surface area contributed by atoms with Crippen molar-refractivity contribution in [2.75, 3.05) is 6.54 Å². The molecule has 1 atom stereocenters. The van der Waals surface area contributed by atoms with Crippen molar-refractivity contribution in [3.63, 3.8) is 0 Å². The second-order valence-electron chi connectivity index (χ2n) is 6.46. The zero-order chi connectivity index (χ0) is 14.5. The molecule has 0 aromatic heterocycles. The Morgan fingerprint density at radius 3 is 2.25 bits per heavy atom. The molecular formula is C14H28ClN3O2. The van der Waals surface area contributed by atoms with Crippen LogP contribution in [0, 0.1) is 5.41 Å². The van der Waals surface area contributed by atoms with E-state index in [-0.39, 0.29) is 42.2 Å². The third-order valence-electron chi connectivity index (χ3n) is 3.61. The Morgan fingerprint density at radius 2 is 1.75 bits per heavy atom. The number of carbonyl (C=O) groups is 2. The first kappa shape index (κ1) is 19.2. The molecule has 6 heteroatoms. The molecule has 5 nitrogen and oxygen atoms in total. The van der Waals surface area contributed by atoms with Crippen LogP contribution in [0.1, 0.15) is 52.9 Å². The molecule has 4 N–H and O–H groups in total. The maximum absolute atomic E-state index is 11.8. The second kappa shape index (κ2) is 8.47. The van der Waals surface area contributed by atoms with Gasteiger partial charge in [0.05, 0.1) is 12.6 Å². The van der Waals surface area contributed by atoms with Gasteiger partial charge in [0.15, 0.2) is 0 Å². The first-order valence-corrected chi connectivity index (χ1v) is 7.13. The zero-order valence-corrected chi connectivity index (χ0v) is 13.5. The van der Waals surface area contributed by atoms with Gasteiger partial charge < -0.3 is 16.4 Å². The molecule has 0 spiro atoms. The summed E-state index contributed by atoms with van der Waals surface area (Å²) in [6.07, 6.45) is 5.68. The predicted octanol–water partition coefficient (Wildman–Crippen LogP) is 1.35. The number of rotatable bonds is 4. The number of halogens is 1. The highest BCUT2D eigenvalue weighted by Crippen LogP contribution is 2.18. The van der Waals surface area contributed by atoms with Crippen LogP contribution in [0.15, 0.2) is 0 Å². The summed E-state index contributed by atoms with van der Waals surface area (Å²) in [5, 5.41) is 5.56. The third-order valence-corrected chi connectivity index (χ3v) is 3.61. The summed E-state index contributed by atoms with van der Waals surface area (Å²) in [7, 11) is 0. The Kier molecular flexibility index (Phi) is 8.13. The van der Waals surface area contributed by atoms with Gasteiger partial charge in [-0.2, -0.15) is 0 Å². The zero-order valence-electron chi connectivity index (χ0n) is 12.7. The van der Waals surface area contributed by atoms with Crippen molar-refractivity contribution in [1.82, 2.24) is 10.6 Å². The predicted molar refractivity (Wildman–Crippen MR) is 82.7 cm³/mol. The van der Waals surface area contributed by atoms with Gasteiger partial charge in [-0.05, 0) is 18.3 Å². The standard InChI is InChI=1S/C14H27N3O2.ClH/c1-14(2,3)12(15)13(19)16-9-11(18)17-10-7-5-4-6-8-10;/h10,12H,4-9,15H2,1-3H3,(H,16,19)(H,17,18);1H/t12-;/m1./s1.